The van der Waals surface area contributed by atoms with Gasteiger partial charge >= 0.3 is 0 Å². The molecule has 0 aliphatic carbocycles. The van der Waals surface area contributed by atoms with Gasteiger partial charge in [0.1, 0.15) is 5.15 Å². The maximum Gasteiger partial charge on any atom is 0.221 e. The Morgan fingerprint density at radius 2 is 1.82 bits per heavy atom. The van der Waals surface area contributed by atoms with Crippen LogP contribution in [0.3, 0.4) is 0 Å². The SMILES string of the molecule is O=C(C[C@@H](c1ccc(Cl)nc1)c1c[nH]c2ccccc12)NCc1ccccc1. The third-order valence-electron chi connectivity index (χ3n) is 4.87. The number of carbonyl (C=O) groups is 1. The molecular weight excluding hydrogens is 370 g/mol. The molecule has 28 heavy (non-hydrogen) atoms. The van der Waals surface area contributed by atoms with E-state index >= 15 is 0 Å². The van der Waals surface area contributed by atoms with Gasteiger partial charge in [-0.25, -0.2) is 4.98 Å². The summed E-state index contributed by atoms with van der Waals surface area (Å²) in [5.41, 5.74) is 4.17. The number of carbonyl (C=O) groups excluding carboxylic acids is 1. The lowest BCUT2D eigenvalue weighted by molar-refractivity contribution is -0.121. The highest BCUT2D eigenvalue weighted by molar-refractivity contribution is 6.29. The molecule has 0 unspecified atom stereocenters. The standard InChI is InChI=1S/C23H20ClN3O/c24-22-11-10-17(14-26-22)19(20-15-25-21-9-5-4-8-18(20)21)12-23(28)27-13-16-6-2-1-3-7-16/h1-11,14-15,19,25H,12-13H2,(H,27,28)/t19-/m0/s1. The Labute approximate surface area is 168 Å². The highest BCUT2D eigenvalue weighted by Gasteiger charge is 2.21. The van der Waals surface area contributed by atoms with Crippen molar-refractivity contribution >= 4 is 28.4 Å². The predicted molar refractivity (Wildman–Crippen MR) is 112 cm³/mol. The van der Waals surface area contributed by atoms with Gasteiger partial charge in [-0.3, -0.25) is 4.79 Å². The van der Waals surface area contributed by atoms with Gasteiger partial charge in [0.15, 0.2) is 0 Å². The van der Waals surface area contributed by atoms with Crippen LogP contribution in [0.4, 0.5) is 0 Å². The average molecular weight is 390 g/mol. The fourth-order valence-corrected chi connectivity index (χ4v) is 3.55. The van der Waals surface area contributed by atoms with Crippen molar-refractivity contribution in [3.8, 4) is 0 Å². The summed E-state index contributed by atoms with van der Waals surface area (Å²) in [5, 5.41) is 4.57. The van der Waals surface area contributed by atoms with Crippen LogP contribution in [0.5, 0.6) is 0 Å². The quantitative estimate of drug-likeness (QED) is 0.453. The van der Waals surface area contributed by atoms with E-state index in [0.717, 1.165) is 27.6 Å². The van der Waals surface area contributed by atoms with Gasteiger partial charge in [0.2, 0.25) is 5.91 Å². The van der Waals surface area contributed by atoms with Crippen molar-refractivity contribution in [2.75, 3.05) is 0 Å². The lowest BCUT2D eigenvalue weighted by atomic mass is 9.89. The molecule has 140 valence electrons. The smallest absolute Gasteiger partial charge is 0.221 e. The van der Waals surface area contributed by atoms with E-state index in [-0.39, 0.29) is 11.8 Å². The normalized spacial score (nSPS) is 12.0. The second-order valence-corrected chi connectivity index (χ2v) is 7.11. The van der Waals surface area contributed by atoms with Crippen molar-refractivity contribution < 1.29 is 4.79 Å². The molecule has 4 rings (SSSR count). The van der Waals surface area contributed by atoms with Crippen molar-refractivity contribution in [3.05, 3.63) is 101 Å². The Morgan fingerprint density at radius 3 is 2.61 bits per heavy atom. The van der Waals surface area contributed by atoms with Crippen molar-refractivity contribution in [2.45, 2.75) is 18.9 Å². The monoisotopic (exact) mass is 389 g/mol. The third kappa shape index (κ3) is 4.07. The van der Waals surface area contributed by atoms with E-state index in [1.54, 1.807) is 12.3 Å². The van der Waals surface area contributed by atoms with E-state index in [0.29, 0.717) is 18.1 Å². The summed E-state index contributed by atoms with van der Waals surface area (Å²) in [7, 11) is 0. The van der Waals surface area contributed by atoms with Gasteiger partial charge in [0, 0.05) is 42.2 Å². The van der Waals surface area contributed by atoms with Crippen LogP contribution in [0, 0.1) is 0 Å². The molecule has 1 atom stereocenters. The number of pyridine rings is 1. The largest absolute Gasteiger partial charge is 0.361 e. The van der Waals surface area contributed by atoms with Gasteiger partial charge in [0.25, 0.3) is 0 Å². The Hall–Kier alpha value is -3.11. The van der Waals surface area contributed by atoms with Crippen LogP contribution in [-0.2, 0) is 11.3 Å². The highest BCUT2D eigenvalue weighted by Crippen LogP contribution is 2.33. The zero-order valence-corrected chi connectivity index (χ0v) is 16.0. The molecule has 2 aromatic carbocycles. The van der Waals surface area contributed by atoms with Crippen molar-refractivity contribution in [2.24, 2.45) is 0 Å². The van der Waals surface area contributed by atoms with E-state index in [9.17, 15) is 4.79 Å². The number of hydrogen-bond acceptors (Lipinski definition) is 2. The summed E-state index contributed by atoms with van der Waals surface area (Å²) in [6.45, 7) is 0.513. The van der Waals surface area contributed by atoms with Crippen molar-refractivity contribution in [3.63, 3.8) is 0 Å². The number of nitrogens with zero attached hydrogens (tertiary/aromatic N) is 1. The molecule has 1 amide bonds. The Kier molecular flexibility index (Phi) is 5.40. The fourth-order valence-electron chi connectivity index (χ4n) is 3.44. The molecule has 2 aromatic heterocycles. The average Bonchev–Trinajstić information content (AvgIpc) is 3.16. The first kappa shape index (κ1) is 18.3. The molecule has 0 fully saturated rings. The summed E-state index contributed by atoms with van der Waals surface area (Å²) in [6, 6.07) is 21.7. The third-order valence-corrected chi connectivity index (χ3v) is 5.09. The minimum absolute atomic E-state index is 0.00548. The molecular formula is C23H20ClN3O. The summed E-state index contributed by atoms with van der Waals surface area (Å²) in [6.07, 6.45) is 4.06. The van der Waals surface area contributed by atoms with Gasteiger partial charge in [-0.2, -0.15) is 0 Å². The van der Waals surface area contributed by atoms with Gasteiger partial charge in [-0.15, -0.1) is 0 Å². The van der Waals surface area contributed by atoms with Crippen LogP contribution in [0.1, 0.15) is 29.0 Å². The molecule has 4 nitrogen and oxygen atoms in total. The molecule has 0 spiro atoms. The zero-order chi connectivity index (χ0) is 19.3. The first-order valence-corrected chi connectivity index (χ1v) is 9.56. The number of amides is 1. The number of nitrogens with one attached hydrogen (secondary N) is 2. The van der Waals surface area contributed by atoms with Gasteiger partial charge in [-0.05, 0) is 28.8 Å². The van der Waals surface area contributed by atoms with Crippen molar-refractivity contribution in [1.29, 1.82) is 0 Å². The molecule has 0 saturated heterocycles. The molecule has 0 aliphatic rings. The number of rotatable bonds is 6. The number of para-hydroxylation sites is 1. The molecule has 0 bridgehead atoms. The number of aromatic amines is 1. The lowest BCUT2D eigenvalue weighted by Crippen LogP contribution is -2.25. The first-order valence-electron chi connectivity index (χ1n) is 9.19. The molecule has 2 N–H and O–H groups in total. The topological polar surface area (TPSA) is 57.8 Å². The molecule has 2 heterocycles. The summed E-state index contributed by atoms with van der Waals surface area (Å²) < 4.78 is 0. The van der Waals surface area contributed by atoms with Crippen LogP contribution in [-0.4, -0.2) is 15.9 Å². The number of aromatic nitrogens is 2. The van der Waals surface area contributed by atoms with Crippen LogP contribution < -0.4 is 5.32 Å². The number of hydrogen-bond donors (Lipinski definition) is 2. The highest BCUT2D eigenvalue weighted by atomic mass is 35.5. The first-order chi connectivity index (χ1) is 13.7. The maximum absolute atomic E-state index is 12.7. The minimum Gasteiger partial charge on any atom is -0.361 e. The summed E-state index contributed by atoms with van der Waals surface area (Å²) in [5.74, 6) is -0.120. The van der Waals surface area contributed by atoms with E-state index < -0.39 is 0 Å². The van der Waals surface area contributed by atoms with Crippen LogP contribution in [0.15, 0.2) is 79.1 Å². The maximum atomic E-state index is 12.7. The van der Waals surface area contributed by atoms with Crippen LogP contribution in [0.2, 0.25) is 5.15 Å². The Morgan fingerprint density at radius 1 is 1.04 bits per heavy atom. The van der Waals surface area contributed by atoms with Gasteiger partial charge < -0.3 is 10.3 Å². The zero-order valence-electron chi connectivity index (χ0n) is 15.2. The van der Waals surface area contributed by atoms with E-state index in [1.807, 2.05) is 60.8 Å². The molecule has 0 radical (unpaired) electrons. The van der Waals surface area contributed by atoms with E-state index in [4.69, 9.17) is 11.6 Å². The number of halogens is 1. The number of fused-ring (bicyclic) bond motifs is 1. The Bertz CT molecular complexity index is 1070. The molecule has 0 saturated carbocycles. The van der Waals surface area contributed by atoms with Crippen LogP contribution >= 0.6 is 11.6 Å². The Balaban J connectivity index is 1.60. The predicted octanol–water partition coefficient (Wildman–Crippen LogP) is 5.05. The lowest BCUT2D eigenvalue weighted by Gasteiger charge is -2.17. The van der Waals surface area contributed by atoms with E-state index in [2.05, 4.69) is 21.4 Å². The van der Waals surface area contributed by atoms with Crippen LogP contribution in [0.25, 0.3) is 10.9 Å². The molecule has 5 heteroatoms. The minimum atomic E-state index is -0.114. The number of benzene rings is 2. The molecule has 0 aliphatic heterocycles. The van der Waals surface area contributed by atoms with E-state index in [1.165, 1.54) is 0 Å². The second kappa shape index (κ2) is 8.28. The number of H-pyrrole nitrogens is 1. The van der Waals surface area contributed by atoms with Gasteiger partial charge in [-0.1, -0.05) is 66.2 Å². The van der Waals surface area contributed by atoms with Gasteiger partial charge in [0.05, 0.1) is 0 Å². The van der Waals surface area contributed by atoms with Crippen molar-refractivity contribution in [1.82, 2.24) is 15.3 Å². The fraction of sp³-hybridized carbons (Fsp3) is 0.130. The summed E-state index contributed by atoms with van der Waals surface area (Å²) >= 11 is 5.96. The summed E-state index contributed by atoms with van der Waals surface area (Å²) in [4.78, 5) is 20.2. The molecule has 4 aromatic rings. The second-order valence-electron chi connectivity index (χ2n) is 6.72.